The third-order valence-electron chi connectivity index (χ3n) is 17.4. The van der Waals surface area contributed by atoms with Crippen LogP contribution in [0.3, 0.4) is 0 Å². The molecular formula is C76H96S8. The van der Waals surface area contributed by atoms with Gasteiger partial charge in [-0.2, -0.15) is 22.7 Å². The van der Waals surface area contributed by atoms with E-state index in [1.165, 1.54) is 207 Å². The fourth-order valence-electron chi connectivity index (χ4n) is 12.3. The highest BCUT2D eigenvalue weighted by atomic mass is 32.1. The minimum absolute atomic E-state index is 0.746. The van der Waals surface area contributed by atoms with Gasteiger partial charge in [0.1, 0.15) is 0 Å². The average molecular weight is 1270 g/mol. The second-order valence-electron chi connectivity index (χ2n) is 26.8. The molecule has 10 aromatic rings. The van der Waals surface area contributed by atoms with E-state index < -0.39 is 0 Å². The van der Waals surface area contributed by atoms with Crippen LogP contribution in [0.4, 0.5) is 0 Å². The topological polar surface area (TPSA) is 0 Å². The van der Waals surface area contributed by atoms with E-state index in [0.29, 0.717) is 0 Å². The highest BCUT2D eigenvalue weighted by Gasteiger charge is 2.24. The maximum atomic E-state index is 3.63. The summed E-state index contributed by atoms with van der Waals surface area (Å²) in [6, 6.07) is 14.5. The quantitative estimate of drug-likeness (QED) is 0.0429. The van der Waals surface area contributed by atoms with Crippen molar-refractivity contribution in [2.75, 3.05) is 0 Å². The van der Waals surface area contributed by atoms with E-state index in [0.717, 1.165) is 60.2 Å². The van der Waals surface area contributed by atoms with Gasteiger partial charge < -0.3 is 0 Å². The first-order valence-electron chi connectivity index (χ1n) is 32.4. The summed E-state index contributed by atoms with van der Waals surface area (Å²) < 4.78 is 11.8. The molecular weight excluding hydrogens is 1170 g/mol. The number of aryl methyl sites for hydroxylation is 2. The van der Waals surface area contributed by atoms with Gasteiger partial charge in [-0.1, -0.05) is 184 Å². The van der Waals surface area contributed by atoms with E-state index in [4.69, 9.17) is 0 Å². The lowest BCUT2D eigenvalue weighted by atomic mass is 9.93. The van der Waals surface area contributed by atoms with Gasteiger partial charge in [0.25, 0.3) is 0 Å². The second-order valence-corrected chi connectivity index (χ2v) is 34.3. The predicted octanol–water partition coefficient (Wildman–Crippen LogP) is 28.1. The Morgan fingerprint density at radius 1 is 0.369 bits per heavy atom. The van der Waals surface area contributed by atoms with Crippen LogP contribution in [0.1, 0.15) is 220 Å². The van der Waals surface area contributed by atoms with Crippen LogP contribution in [0.5, 0.6) is 0 Å². The van der Waals surface area contributed by atoms with E-state index >= 15 is 0 Å². The van der Waals surface area contributed by atoms with Crippen molar-refractivity contribution >= 4 is 150 Å². The van der Waals surface area contributed by atoms with Crippen LogP contribution in [0.25, 0.3) is 81.4 Å². The third kappa shape index (κ3) is 17.1. The molecule has 0 amide bonds. The van der Waals surface area contributed by atoms with Crippen molar-refractivity contribution in [1.82, 2.24) is 0 Å². The Hall–Kier alpha value is -3.28. The normalized spacial score (nSPS) is 13.5. The lowest BCUT2D eigenvalue weighted by Gasteiger charge is -2.13. The summed E-state index contributed by atoms with van der Waals surface area (Å²) in [5, 5.41) is 19.6. The van der Waals surface area contributed by atoms with E-state index in [1.54, 1.807) is 33.8 Å². The Kier molecular flexibility index (Phi) is 24.6. The Bertz CT molecular complexity index is 3500. The van der Waals surface area contributed by atoms with Crippen molar-refractivity contribution in [3.8, 4) is 45.9 Å². The molecule has 0 fully saturated rings. The van der Waals surface area contributed by atoms with Gasteiger partial charge in [-0.05, 0) is 177 Å². The van der Waals surface area contributed by atoms with E-state index in [2.05, 4.69) is 198 Å². The Labute approximate surface area is 539 Å². The SMILES string of the molecule is CC(C)CCCC(C)CCC#Cc1sc2c(-c3ccsc3)c(C#CCCC(C)CCCC(C)C)sc2c1-c1ccsc1.CC(C)CCCC(C)CCc1cc2sc3c(sc4cc(CCC(C)CCCC(C)C)c5sccc5c43)c2c2ccsc12. The molecule has 0 N–H and O–H groups in total. The highest BCUT2D eigenvalue weighted by Crippen LogP contribution is 2.52. The fourth-order valence-corrected chi connectivity index (χ4v) is 21.0. The number of hydrogen-bond acceptors (Lipinski definition) is 8. The van der Waals surface area contributed by atoms with Crippen LogP contribution in [-0.4, -0.2) is 0 Å². The summed E-state index contributed by atoms with van der Waals surface area (Å²) in [5.74, 6) is 20.8. The van der Waals surface area contributed by atoms with Crippen molar-refractivity contribution in [1.29, 1.82) is 0 Å². The maximum absolute atomic E-state index is 3.63. The molecule has 0 aliphatic rings. The van der Waals surface area contributed by atoms with Crippen molar-refractivity contribution in [3.05, 3.63) is 89.6 Å². The Morgan fingerprint density at radius 3 is 1.08 bits per heavy atom. The lowest BCUT2D eigenvalue weighted by molar-refractivity contribution is 0.437. The Balaban J connectivity index is 0.000000202. The number of fused-ring (bicyclic) bond motifs is 10. The van der Waals surface area contributed by atoms with Crippen molar-refractivity contribution in [2.45, 2.75) is 212 Å². The molecule has 84 heavy (non-hydrogen) atoms. The van der Waals surface area contributed by atoms with E-state index in [1.807, 2.05) is 45.3 Å². The molecule has 0 bridgehead atoms. The molecule has 0 saturated heterocycles. The molecule has 8 heteroatoms. The number of benzene rings is 2. The average Bonchev–Trinajstić information content (AvgIpc) is 2.43. The van der Waals surface area contributed by atoms with Crippen LogP contribution in [0, 0.1) is 71.0 Å². The lowest BCUT2D eigenvalue weighted by Crippen LogP contribution is -1.99. The molecule has 4 unspecified atom stereocenters. The van der Waals surface area contributed by atoms with Crippen LogP contribution in [0.2, 0.25) is 0 Å². The van der Waals surface area contributed by atoms with Crippen molar-refractivity contribution < 1.29 is 0 Å². The van der Waals surface area contributed by atoms with Gasteiger partial charge in [0.2, 0.25) is 0 Å². The molecule has 0 aliphatic heterocycles. The summed E-state index contributed by atoms with van der Waals surface area (Å²) in [6.07, 6.45) is 25.5. The summed E-state index contributed by atoms with van der Waals surface area (Å²) in [7, 11) is 0. The van der Waals surface area contributed by atoms with Gasteiger partial charge in [0.15, 0.2) is 0 Å². The van der Waals surface area contributed by atoms with E-state index in [-0.39, 0.29) is 0 Å². The minimum atomic E-state index is 0.746. The van der Waals surface area contributed by atoms with Crippen LogP contribution in [0.15, 0.2) is 68.7 Å². The molecule has 448 valence electrons. The zero-order valence-electron chi connectivity index (χ0n) is 53.0. The largest absolute Gasteiger partial charge is 0.152 e. The van der Waals surface area contributed by atoms with Gasteiger partial charge in [0.05, 0.1) is 28.6 Å². The summed E-state index contributed by atoms with van der Waals surface area (Å²) >= 11 is 15.3. The first kappa shape index (κ1) is 65.2. The number of rotatable bonds is 28. The van der Waals surface area contributed by atoms with Crippen LogP contribution in [-0.2, 0) is 12.8 Å². The van der Waals surface area contributed by atoms with Crippen LogP contribution < -0.4 is 0 Å². The van der Waals surface area contributed by atoms with Gasteiger partial charge in [-0.3, -0.25) is 0 Å². The maximum Gasteiger partial charge on any atom is 0.0868 e. The minimum Gasteiger partial charge on any atom is -0.152 e. The zero-order chi connectivity index (χ0) is 59.3. The highest BCUT2D eigenvalue weighted by molar-refractivity contribution is 7.37. The molecule has 0 nitrogen and oxygen atoms in total. The zero-order valence-corrected chi connectivity index (χ0v) is 59.5. The van der Waals surface area contributed by atoms with Crippen molar-refractivity contribution in [3.63, 3.8) is 0 Å². The molecule has 0 saturated carbocycles. The molecule has 8 heterocycles. The molecule has 4 atom stereocenters. The van der Waals surface area contributed by atoms with Gasteiger partial charge in [-0.15, -0.1) is 68.0 Å². The van der Waals surface area contributed by atoms with Crippen molar-refractivity contribution in [2.24, 2.45) is 47.3 Å². The molecule has 0 aliphatic carbocycles. The second kappa shape index (κ2) is 31.8. The van der Waals surface area contributed by atoms with Gasteiger partial charge in [0, 0.05) is 64.3 Å². The first-order chi connectivity index (χ1) is 40.6. The number of hydrogen-bond donors (Lipinski definition) is 0. The molecule has 0 spiro atoms. The van der Waals surface area contributed by atoms with Crippen LogP contribution >= 0.6 is 90.7 Å². The third-order valence-corrected chi connectivity index (χ3v) is 25.6. The van der Waals surface area contributed by atoms with Gasteiger partial charge >= 0.3 is 0 Å². The summed E-state index contributed by atoms with van der Waals surface area (Å²) in [6.45, 7) is 28.4. The van der Waals surface area contributed by atoms with E-state index in [9.17, 15) is 0 Å². The summed E-state index contributed by atoms with van der Waals surface area (Å²) in [5.41, 5.74) is 8.39. The molecule has 8 aromatic heterocycles. The molecule has 10 rings (SSSR count). The number of thiophene rings is 8. The monoisotopic (exact) mass is 1260 g/mol. The summed E-state index contributed by atoms with van der Waals surface area (Å²) in [4.78, 5) is 2.43. The molecule has 0 radical (unpaired) electrons. The first-order valence-corrected chi connectivity index (χ1v) is 39.3. The smallest absolute Gasteiger partial charge is 0.0868 e. The predicted molar refractivity (Wildman–Crippen MR) is 392 cm³/mol. The Morgan fingerprint density at radius 2 is 0.738 bits per heavy atom. The molecule has 2 aromatic carbocycles. The van der Waals surface area contributed by atoms with Gasteiger partial charge in [-0.25, -0.2) is 0 Å². The fraction of sp³-hybridized carbons (Fsp3) is 0.526. The standard InChI is InChI=1S/2C38H48S4/c1-23(2)9-7-11-25(5)13-15-27-21-31-33(29-17-19-39-35(27)29)37-38(41-31)34-30-18-20-40-36(30)28(22-32(34)42-37)16-14-26(6)12-8-10-24(3)4;1-27(2)13-11-17-29(5)15-7-9-19-33-35(31-21-23-39-25-31)37-38(41-33)36(32-22-24-40-26-32)34(42-37)20-10-8-16-30(6)18-12-14-28(3)4/h17-26H,7-16H2,1-6H3;21-30H,7-8,11-18H2,1-6H3.